The van der Waals surface area contributed by atoms with Gasteiger partial charge in [0.2, 0.25) is 0 Å². The molecule has 1 aromatic carbocycles. The average Bonchev–Trinajstić information content (AvgIpc) is 2.62. The van der Waals surface area contributed by atoms with Crippen molar-refractivity contribution in [3.05, 3.63) is 28.7 Å². The van der Waals surface area contributed by atoms with Crippen LogP contribution in [-0.4, -0.2) is 11.9 Å². The third-order valence-corrected chi connectivity index (χ3v) is 3.87. The molecule has 1 fully saturated rings. The molecule has 1 saturated heterocycles. The SMILES string of the molecule is Brc1ccc(SC2CCCN2)cc1. The van der Waals surface area contributed by atoms with Crippen molar-refractivity contribution in [3.8, 4) is 0 Å². The summed E-state index contributed by atoms with van der Waals surface area (Å²) in [5.74, 6) is 0. The molecule has 1 aliphatic heterocycles. The first-order valence-electron chi connectivity index (χ1n) is 4.50. The van der Waals surface area contributed by atoms with Crippen LogP contribution < -0.4 is 5.32 Å². The van der Waals surface area contributed by atoms with Crippen LogP contribution in [0, 0.1) is 0 Å². The average molecular weight is 258 g/mol. The van der Waals surface area contributed by atoms with Crippen LogP contribution in [0.4, 0.5) is 0 Å². The number of rotatable bonds is 2. The van der Waals surface area contributed by atoms with Gasteiger partial charge in [-0.15, -0.1) is 11.8 Å². The van der Waals surface area contributed by atoms with Crippen molar-refractivity contribution in [2.45, 2.75) is 23.1 Å². The summed E-state index contributed by atoms with van der Waals surface area (Å²) in [6.07, 6.45) is 2.61. The Bertz CT molecular complexity index is 267. The smallest absolute Gasteiger partial charge is 0.0580 e. The number of benzene rings is 1. The standard InChI is InChI=1S/C10H12BrNS/c11-8-3-5-9(6-4-8)13-10-2-1-7-12-10/h3-6,10,12H,1-2,7H2. The highest BCUT2D eigenvalue weighted by Crippen LogP contribution is 2.27. The number of nitrogens with one attached hydrogen (secondary N) is 1. The number of hydrogen-bond donors (Lipinski definition) is 1. The second kappa shape index (κ2) is 4.49. The van der Waals surface area contributed by atoms with E-state index in [1.807, 2.05) is 11.8 Å². The molecule has 2 rings (SSSR count). The van der Waals surface area contributed by atoms with E-state index < -0.39 is 0 Å². The van der Waals surface area contributed by atoms with E-state index in [0.717, 1.165) is 4.47 Å². The monoisotopic (exact) mass is 257 g/mol. The molecule has 1 aliphatic rings. The molecule has 0 aliphatic carbocycles. The third-order valence-electron chi connectivity index (χ3n) is 2.11. The van der Waals surface area contributed by atoms with E-state index in [4.69, 9.17) is 0 Å². The lowest BCUT2D eigenvalue weighted by molar-refractivity contribution is 0.806. The first-order chi connectivity index (χ1) is 6.34. The van der Waals surface area contributed by atoms with Gasteiger partial charge in [-0.2, -0.15) is 0 Å². The molecule has 1 unspecified atom stereocenters. The molecular formula is C10H12BrNS. The molecule has 0 saturated carbocycles. The maximum atomic E-state index is 3.47. The fraction of sp³-hybridized carbons (Fsp3) is 0.400. The minimum absolute atomic E-state index is 0.626. The van der Waals surface area contributed by atoms with Crippen LogP contribution in [0.5, 0.6) is 0 Å². The van der Waals surface area contributed by atoms with Gasteiger partial charge in [-0.1, -0.05) is 15.9 Å². The molecule has 0 aromatic heterocycles. The maximum Gasteiger partial charge on any atom is 0.0580 e. The Balaban J connectivity index is 1.97. The van der Waals surface area contributed by atoms with Crippen molar-refractivity contribution in [1.82, 2.24) is 5.32 Å². The molecule has 13 heavy (non-hydrogen) atoms. The van der Waals surface area contributed by atoms with E-state index in [2.05, 4.69) is 45.5 Å². The van der Waals surface area contributed by atoms with Crippen molar-refractivity contribution in [2.24, 2.45) is 0 Å². The zero-order chi connectivity index (χ0) is 9.10. The van der Waals surface area contributed by atoms with Gasteiger partial charge in [-0.3, -0.25) is 0 Å². The summed E-state index contributed by atoms with van der Waals surface area (Å²) in [5, 5.41) is 4.10. The van der Waals surface area contributed by atoms with Crippen LogP contribution in [0.2, 0.25) is 0 Å². The van der Waals surface area contributed by atoms with Gasteiger partial charge >= 0.3 is 0 Å². The summed E-state index contributed by atoms with van der Waals surface area (Å²) in [5.41, 5.74) is 0. The highest BCUT2D eigenvalue weighted by atomic mass is 79.9. The van der Waals surface area contributed by atoms with Gasteiger partial charge < -0.3 is 5.32 Å². The maximum absolute atomic E-state index is 3.47. The Labute approximate surface area is 91.4 Å². The van der Waals surface area contributed by atoms with Crippen molar-refractivity contribution in [1.29, 1.82) is 0 Å². The van der Waals surface area contributed by atoms with Gasteiger partial charge in [0.1, 0.15) is 0 Å². The lowest BCUT2D eigenvalue weighted by atomic mass is 10.4. The molecule has 0 bridgehead atoms. The molecule has 1 nitrogen and oxygen atoms in total. The Morgan fingerprint density at radius 1 is 1.31 bits per heavy atom. The van der Waals surface area contributed by atoms with Gasteiger partial charge in [0.05, 0.1) is 5.37 Å². The summed E-state index contributed by atoms with van der Waals surface area (Å²) in [6, 6.07) is 8.51. The summed E-state index contributed by atoms with van der Waals surface area (Å²) in [7, 11) is 0. The van der Waals surface area contributed by atoms with Crippen molar-refractivity contribution >= 4 is 27.7 Å². The number of halogens is 1. The van der Waals surface area contributed by atoms with Crippen LogP contribution in [0.15, 0.2) is 33.6 Å². The summed E-state index contributed by atoms with van der Waals surface area (Å²) < 4.78 is 1.15. The Kier molecular flexibility index (Phi) is 3.30. The van der Waals surface area contributed by atoms with Crippen LogP contribution in [0.3, 0.4) is 0 Å². The highest BCUT2D eigenvalue weighted by Gasteiger charge is 2.14. The largest absolute Gasteiger partial charge is 0.305 e. The molecule has 3 heteroatoms. The molecule has 1 N–H and O–H groups in total. The van der Waals surface area contributed by atoms with Crippen LogP contribution in [0.25, 0.3) is 0 Å². The molecule has 0 spiro atoms. The van der Waals surface area contributed by atoms with Gasteiger partial charge in [0.25, 0.3) is 0 Å². The van der Waals surface area contributed by atoms with E-state index in [1.165, 1.54) is 24.3 Å². The molecule has 0 radical (unpaired) electrons. The zero-order valence-electron chi connectivity index (χ0n) is 7.29. The van der Waals surface area contributed by atoms with E-state index in [-0.39, 0.29) is 0 Å². The summed E-state index contributed by atoms with van der Waals surface area (Å²) in [4.78, 5) is 1.35. The minimum atomic E-state index is 0.626. The van der Waals surface area contributed by atoms with Crippen molar-refractivity contribution in [2.75, 3.05) is 6.54 Å². The van der Waals surface area contributed by atoms with Gasteiger partial charge in [0, 0.05) is 9.37 Å². The molecular weight excluding hydrogens is 246 g/mol. The molecule has 1 aromatic rings. The van der Waals surface area contributed by atoms with Gasteiger partial charge in [-0.25, -0.2) is 0 Å². The van der Waals surface area contributed by atoms with E-state index >= 15 is 0 Å². The lowest BCUT2D eigenvalue weighted by Gasteiger charge is -2.08. The van der Waals surface area contributed by atoms with Crippen molar-refractivity contribution in [3.63, 3.8) is 0 Å². The predicted molar refractivity (Wildman–Crippen MR) is 61.0 cm³/mol. The minimum Gasteiger partial charge on any atom is -0.305 e. The molecule has 1 atom stereocenters. The second-order valence-corrected chi connectivity index (χ2v) is 5.35. The highest BCUT2D eigenvalue weighted by molar-refractivity contribution is 9.10. The van der Waals surface area contributed by atoms with Crippen molar-refractivity contribution < 1.29 is 0 Å². The quantitative estimate of drug-likeness (QED) is 0.873. The van der Waals surface area contributed by atoms with Crippen LogP contribution >= 0.6 is 27.7 Å². The van der Waals surface area contributed by atoms with Crippen LogP contribution in [-0.2, 0) is 0 Å². The molecule has 0 amide bonds. The lowest BCUT2D eigenvalue weighted by Crippen LogP contribution is -2.16. The molecule has 1 heterocycles. The van der Waals surface area contributed by atoms with Crippen LogP contribution in [0.1, 0.15) is 12.8 Å². The Hall–Kier alpha value is 0.01000. The number of thioether (sulfide) groups is 1. The first kappa shape index (κ1) is 9.56. The summed E-state index contributed by atoms with van der Waals surface area (Å²) in [6.45, 7) is 1.17. The van der Waals surface area contributed by atoms with E-state index in [0.29, 0.717) is 5.37 Å². The first-order valence-corrected chi connectivity index (χ1v) is 6.17. The van der Waals surface area contributed by atoms with Gasteiger partial charge in [-0.05, 0) is 43.7 Å². The third kappa shape index (κ3) is 2.73. The molecule has 70 valence electrons. The fourth-order valence-corrected chi connectivity index (χ4v) is 2.80. The van der Waals surface area contributed by atoms with Gasteiger partial charge in [0.15, 0.2) is 0 Å². The normalized spacial score (nSPS) is 22.1. The van der Waals surface area contributed by atoms with E-state index in [9.17, 15) is 0 Å². The number of hydrogen-bond acceptors (Lipinski definition) is 2. The van der Waals surface area contributed by atoms with E-state index in [1.54, 1.807) is 0 Å². The zero-order valence-corrected chi connectivity index (χ0v) is 9.70. The fourth-order valence-electron chi connectivity index (χ4n) is 1.43. The topological polar surface area (TPSA) is 12.0 Å². The Morgan fingerprint density at radius 3 is 2.69 bits per heavy atom. The summed E-state index contributed by atoms with van der Waals surface area (Å²) >= 11 is 5.36. The second-order valence-electron chi connectivity index (χ2n) is 3.16. The predicted octanol–water partition coefficient (Wildman–Crippen LogP) is 3.25. The Morgan fingerprint density at radius 2 is 2.08 bits per heavy atom.